The molecule has 16 heavy (non-hydrogen) atoms. The van der Waals surface area contributed by atoms with Gasteiger partial charge < -0.3 is 10.1 Å². The summed E-state index contributed by atoms with van der Waals surface area (Å²) in [5, 5.41) is 3.40. The fourth-order valence-electron chi connectivity index (χ4n) is 2.18. The third kappa shape index (κ3) is 5.83. The summed E-state index contributed by atoms with van der Waals surface area (Å²) >= 11 is 0. The van der Waals surface area contributed by atoms with Gasteiger partial charge in [0.2, 0.25) is 0 Å². The lowest BCUT2D eigenvalue weighted by molar-refractivity contribution is 0.0997. The van der Waals surface area contributed by atoms with Crippen LogP contribution in [-0.2, 0) is 4.74 Å². The molecule has 0 bridgehead atoms. The predicted molar refractivity (Wildman–Crippen MR) is 70.9 cm³/mol. The molecule has 0 aromatic carbocycles. The highest BCUT2D eigenvalue weighted by Crippen LogP contribution is 2.10. The summed E-state index contributed by atoms with van der Waals surface area (Å²) in [5.41, 5.74) is 0. The van der Waals surface area contributed by atoms with Gasteiger partial charge in [-0.15, -0.1) is 0 Å². The van der Waals surface area contributed by atoms with Crippen LogP contribution in [0.4, 0.5) is 0 Å². The van der Waals surface area contributed by atoms with Gasteiger partial charge in [0.1, 0.15) is 0 Å². The number of rotatable bonds is 9. The van der Waals surface area contributed by atoms with Crippen LogP contribution in [0.2, 0.25) is 0 Å². The van der Waals surface area contributed by atoms with Crippen molar-refractivity contribution in [2.75, 3.05) is 33.9 Å². The lowest BCUT2D eigenvalue weighted by Crippen LogP contribution is -2.49. The average molecular weight is 230 g/mol. The SMILES string of the molecule is CCC(NC)C(C)N(CCOC)CC(C)C. The smallest absolute Gasteiger partial charge is 0.0589 e. The zero-order valence-corrected chi connectivity index (χ0v) is 11.9. The summed E-state index contributed by atoms with van der Waals surface area (Å²) in [6.07, 6.45) is 1.17. The molecule has 1 N–H and O–H groups in total. The average Bonchev–Trinajstić information content (AvgIpc) is 2.25. The Hall–Kier alpha value is -0.120. The quantitative estimate of drug-likeness (QED) is 0.655. The largest absolute Gasteiger partial charge is 0.383 e. The van der Waals surface area contributed by atoms with E-state index < -0.39 is 0 Å². The Balaban J connectivity index is 4.33. The van der Waals surface area contributed by atoms with Crippen LogP contribution in [0, 0.1) is 5.92 Å². The Kier molecular flexibility index (Phi) is 8.90. The number of hydrogen-bond donors (Lipinski definition) is 1. The van der Waals surface area contributed by atoms with Gasteiger partial charge in [-0.3, -0.25) is 4.90 Å². The van der Waals surface area contributed by atoms with Crippen LogP contribution in [-0.4, -0.2) is 50.8 Å². The van der Waals surface area contributed by atoms with Crippen LogP contribution in [0.5, 0.6) is 0 Å². The number of nitrogens with zero attached hydrogens (tertiary/aromatic N) is 1. The topological polar surface area (TPSA) is 24.5 Å². The molecule has 0 spiro atoms. The summed E-state index contributed by atoms with van der Waals surface area (Å²) in [6.45, 7) is 12.1. The first kappa shape index (κ1) is 15.9. The maximum absolute atomic E-state index is 5.19. The Morgan fingerprint density at radius 2 is 1.88 bits per heavy atom. The third-order valence-electron chi connectivity index (χ3n) is 3.15. The molecular formula is C13H30N2O. The van der Waals surface area contributed by atoms with Crippen LogP contribution >= 0.6 is 0 Å². The molecule has 0 aromatic heterocycles. The minimum absolute atomic E-state index is 0.563. The molecule has 0 heterocycles. The molecule has 2 unspecified atom stereocenters. The van der Waals surface area contributed by atoms with Gasteiger partial charge >= 0.3 is 0 Å². The van der Waals surface area contributed by atoms with Gasteiger partial charge in [0.05, 0.1) is 6.61 Å². The first-order chi connectivity index (χ1) is 7.56. The molecule has 98 valence electrons. The molecule has 0 rings (SSSR count). The number of methoxy groups -OCH3 is 1. The Morgan fingerprint density at radius 1 is 1.25 bits per heavy atom. The van der Waals surface area contributed by atoms with Crippen LogP contribution in [0.3, 0.4) is 0 Å². The Labute approximate surface area is 102 Å². The summed E-state index contributed by atoms with van der Waals surface area (Å²) in [5.74, 6) is 0.702. The van der Waals surface area contributed by atoms with Crippen molar-refractivity contribution in [3.8, 4) is 0 Å². The van der Waals surface area contributed by atoms with Crippen molar-refractivity contribution in [1.29, 1.82) is 0 Å². The molecule has 0 amide bonds. The molecule has 2 atom stereocenters. The van der Waals surface area contributed by atoms with Crippen LogP contribution in [0.15, 0.2) is 0 Å². The van der Waals surface area contributed by atoms with E-state index in [1.807, 2.05) is 0 Å². The minimum atomic E-state index is 0.563. The Bertz CT molecular complexity index is 158. The number of hydrogen-bond acceptors (Lipinski definition) is 3. The Morgan fingerprint density at radius 3 is 2.25 bits per heavy atom. The molecule has 0 aromatic rings. The zero-order chi connectivity index (χ0) is 12.6. The molecule has 0 aliphatic carbocycles. The van der Waals surface area contributed by atoms with E-state index in [4.69, 9.17) is 4.74 Å². The van der Waals surface area contributed by atoms with Crippen molar-refractivity contribution in [2.45, 2.75) is 46.2 Å². The van der Waals surface area contributed by atoms with E-state index in [-0.39, 0.29) is 0 Å². The van der Waals surface area contributed by atoms with Crippen LogP contribution < -0.4 is 5.32 Å². The summed E-state index contributed by atoms with van der Waals surface area (Å²) in [6, 6.07) is 1.13. The van der Waals surface area contributed by atoms with E-state index >= 15 is 0 Å². The highest BCUT2D eigenvalue weighted by atomic mass is 16.5. The molecule has 0 radical (unpaired) electrons. The van der Waals surface area contributed by atoms with Crippen LogP contribution in [0.25, 0.3) is 0 Å². The molecule has 3 nitrogen and oxygen atoms in total. The summed E-state index contributed by atoms with van der Waals surface area (Å²) in [7, 11) is 3.82. The van der Waals surface area contributed by atoms with Gasteiger partial charge in [0.25, 0.3) is 0 Å². The third-order valence-corrected chi connectivity index (χ3v) is 3.15. The zero-order valence-electron chi connectivity index (χ0n) is 11.9. The minimum Gasteiger partial charge on any atom is -0.383 e. The van der Waals surface area contributed by atoms with E-state index in [1.165, 1.54) is 6.42 Å². The second-order valence-electron chi connectivity index (χ2n) is 4.93. The highest BCUT2D eigenvalue weighted by Gasteiger charge is 2.21. The first-order valence-electron chi connectivity index (χ1n) is 6.47. The van der Waals surface area contributed by atoms with E-state index in [1.54, 1.807) is 7.11 Å². The predicted octanol–water partition coefficient (Wildman–Crippen LogP) is 1.98. The van der Waals surface area contributed by atoms with Crippen molar-refractivity contribution in [3.63, 3.8) is 0 Å². The van der Waals surface area contributed by atoms with Gasteiger partial charge in [-0.2, -0.15) is 0 Å². The molecule has 0 saturated heterocycles. The lowest BCUT2D eigenvalue weighted by Gasteiger charge is -2.35. The van der Waals surface area contributed by atoms with Crippen LogP contribution in [0.1, 0.15) is 34.1 Å². The summed E-state index contributed by atoms with van der Waals surface area (Å²) in [4.78, 5) is 2.53. The fourth-order valence-corrected chi connectivity index (χ4v) is 2.18. The highest BCUT2D eigenvalue weighted by molar-refractivity contribution is 4.79. The second-order valence-corrected chi connectivity index (χ2v) is 4.93. The summed E-state index contributed by atoms with van der Waals surface area (Å²) < 4.78 is 5.19. The van der Waals surface area contributed by atoms with Gasteiger partial charge in [-0.25, -0.2) is 0 Å². The fraction of sp³-hybridized carbons (Fsp3) is 1.00. The number of likely N-dealkylation sites (N-methyl/N-ethyl adjacent to an activating group) is 1. The van der Waals surface area contributed by atoms with Gasteiger partial charge in [0.15, 0.2) is 0 Å². The molecule has 0 aliphatic rings. The standard InChI is InChI=1S/C13H30N2O/c1-7-13(14-5)12(4)15(8-9-16-6)10-11(2)3/h11-14H,7-10H2,1-6H3. The number of ether oxygens (including phenoxy) is 1. The van der Waals surface area contributed by atoms with Crippen molar-refractivity contribution in [2.24, 2.45) is 5.92 Å². The van der Waals surface area contributed by atoms with Crippen molar-refractivity contribution >= 4 is 0 Å². The maximum atomic E-state index is 5.19. The van der Waals surface area contributed by atoms with E-state index in [2.05, 4.69) is 45.0 Å². The van der Waals surface area contributed by atoms with E-state index in [0.717, 1.165) is 19.7 Å². The molecule has 0 aliphatic heterocycles. The monoisotopic (exact) mass is 230 g/mol. The molecule has 3 heteroatoms. The van der Waals surface area contributed by atoms with E-state index in [9.17, 15) is 0 Å². The second kappa shape index (κ2) is 8.97. The lowest BCUT2D eigenvalue weighted by atomic mass is 10.0. The van der Waals surface area contributed by atoms with Gasteiger partial charge in [-0.05, 0) is 26.3 Å². The number of nitrogens with one attached hydrogen (secondary N) is 1. The first-order valence-corrected chi connectivity index (χ1v) is 6.47. The molecular weight excluding hydrogens is 200 g/mol. The maximum Gasteiger partial charge on any atom is 0.0589 e. The van der Waals surface area contributed by atoms with Gasteiger partial charge in [-0.1, -0.05) is 20.8 Å². The van der Waals surface area contributed by atoms with E-state index in [0.29, 0.717) is 18.0 Å². The normalized spacial score (nSPS) is 15.8. The van der Waals surface area contributed by atoms with Gasteiger partial charge in [0, 0.05) is 32.3 Å². The van der Waals surface area contributed by atoms with Crippen molar-refractivity contribution in [1.82, 2.24) is 10.2 Å². The molecule has 0 fully saturated rings. The molecule has 0 saturated carbocycles. The van der Waals surface area contributed by atoms with Crippen molar-refractivity contribution < 1.29 is 4.74 Å². The van der Waals surface area contributed by atoms with Crippen molar-refractivity contribution in [3.05, 3.63) is 0 Å².